The minimum atomic E-state index is 0.638. The molecule has 124 valence electrons. The van der Waals surface area contributed by atoms with Gasteiger partial charge in [0.25, 0.3) is 0 Å². The van der Waals surface area contributed by atoms with Crippen molar-refractivity contribution in [2.45, 2.75) is 6.42 Å². The number of ether oxygens (including phenoxy) is 2. The minimum Gasteiger partial charge on any atom is -0.493 e. The third-order valence-electron chi connectivity index (χ3n) is 4.30. The number of fused-ring (bicyclic) bond motifs is 2. The largest absolute Gasteiger partial charge is 0.493 e. The fourth-order valence-corrected chi connectivity index (χ4v) is 3.07. The molecule has 0 aliphatic carbocycles. The zero-order valence-electron chi connectivity index (χ0n) is 14.0. The van der Waals surface area contributed by atoms with Crippen LogP contribution in [0.3, 0.4) is 0 Å². The van der Waals surface area contributed by atoms with Crippen molar-refractivity contribution in [2.75, 3.05) is 13.2 Å². The molecule has 0 N–H and O–H groups in total. The van der Waals surface area contributed by atoms with E-state index < -0.39 is 0 Å². The van der Waals surface area contributed by atoms with Crippen LogP contribution in [0.15, 0.2) is 84.9 Å². The van der Waals surface area contributed by atoms with Crippen LogP contribution < -0.4 is 9.47 Å². The molecule has 25 heavy (non-hydrogen) atoms. The van der Waals surface area contributed by atoms with Gasteiger partial charge in [0.05, 0.1) is 13.2 Å². The van der Waals surface area contributed by atoms with Crippen LogP contribution in [-0.2, 0) is 0 Å². The summed E-state index contributed by atoms with van der Waals surface area (Å²) in [6.07, 6.45) is 0.840. The summed E-state index contributed by atoms with van der Waals surface area (Å²) in [6, 6.07) is 28.9. The Morgan fingerprint density at radius 2 is 0.920 bits per heavy atom. The van der Waals surface area contributed by atoms with Crippen LogP contribution in [0.1, 0.15) is 6.42 Å². The van der Waals surface area contributed by atoms with E-state index >= 15 is 0 Å². The van der Waals surface area contributed by atoms with Crippen LogP contribution in [0.5, 0.6) is 11.5 Å². The van der Waals surface area contributed by atoms with E-state index in [1.165, 1.54) is 10.8 Å². The lowest BCUT2D eigenvalue weighted by Gasteiger charge is -2.11. The van der Waals surface area contributed by atoms with Gasteiger partial charge in [-0.05, 0) is 22.9 Å². The summed E-state index contributed by atoms with van der Waals surface area (Å²) in [5.74, 6) is 1.87. The van der Waals surface area contributed by atoms with Crippen molar-refractivity contribution < 1.29 is 9.47 Å². The predicted octanol–water partition coefficient (Wildman–Crippen LogP) is 5.84. The van der Waals surface area contributed by atoms with Crippen molar-refractivity contribution in [3.63, 3.8) is 0 Å². The molecule has 0 radical (unpaired) electrons. The Morgan fingerprint density at radius 3 is 1.44 bits per heavy atom. The van der Waals surface area contributed by atoms with Crippen LogP contribution in [0.4, 0.5) is 0 Å². The molecule has 4 aromatic rings. The van der Waals surface area contributed by atoms with Crippen molar-refractivity contribution in [1.29, 1.82) is 0 Å². The first-order chi connectivity index (χ1) is 12.4. The lowest BCUT2D eigenvalue weighted by Crippen LogP contribution is -2.05. The molecule has 0 aromatic heterocycles. The molecule has 0 spiro atoms. The van der Waals surface area contributed by atoms with Gasteiger partial charge in [-0.1, -0.05) is 72.8 Å². The first-order valence-electron chi connectivity index (χ1n) is 8.63. The molecular weight excluding hydrogens is 308 g/mol. The molecule has 2 heteroatoms. The SMILES string of the molecule is c1ccc2c(OCCCOc3cccc4ccccc34)cccc2c1. The highest BCUT2D eigenvalue weighted by molar-refractivity contribution is 5.88. The topological polar surface area (TPSA) is 18.5 Å². The van der Waals surface area contributed by atoms with E-state index in [4.69, 9.17) is 9.47 Å². The second-order valence-electron chi connectivity index (χ2n) is 6.01. The average Bonchev–Trinajstić information content (AvgIpc) is 2.68. The standard InChI is InChI=1S/C23H20O2/c1-3-12-20-18(8-1)10-5-14-22(20)24-16-7-17-25-23-15-6-11-19-9-2-4-13-21(19)23/h1-6,8-15H,7,16-17H2. The maximum absolute atomic E-state index is 5.96. The Balaban J connectivity index is 1.35. The van der Waals surface area contributed by atoms with Gasteiger partial charge >= 0.3 is 0 Å². The van der Waals surface area contributed by atoms with Crippen LogP contribution in [0.25, 0.3) is 21.5 Å². The molecule has 0 saturated heterocycles. The molecule has 4 aromatic carbocycles. The summed E-state index contributed by atoms with van der Waals surface area (Å²) >= 11 is 0. The van der Waals surface area contributed by atoms with Crippen LogP contribution in [0.2, 0.25) is 0 Å². The number of hydrogen-bond donors (Lipinski definition) is 0. The van der Waals surface area contributed by atoms with Gasteiger partial charge in [-0.15, -0.1) is 0 Å². The van der Waals surface area contributed by atoms with Gasteiger partial charge in [-0.3, -0.25) is 0 Å². The first kappa shape index (κ1) is 15.5. The third-order valence-corrected chi connectivity index (χ3v) is 4.30. The highest BCUT2D eigenvalue weighted by Crippen LogP contribution is 2.26. The monoisotopic (exact) mass is 328 g/mol. The summed E-state index contributed by atoms with van der Waals surface area (Å²) in [4.78, 5) is 0. The Kier molecular flexibility index (Phi) is 4.51. The van der Waals surface area contributed by atoms with Gasteiger partial charge in [-0.2, -0.15) is 0 Å². The first-order valence-corrected chi connectivity index (χ1v) is 8.63. The zero-order chi connectivity index (χ0) is 16.9. The van der Waals surface area contributed by atoms with Gasteiger partial charge in [-0.25, -0.2) is 0 Å². The van der Waals surface area contributed by atoms with Crippen molar-refractivity contribution in [2.24, 2.45) is 0 Å². The fourth-order valence-electron chi connectivity index (χ4n) is 3.07. The van der Waals surface area contributed by atoms with E-state index in [9.17, 15) is 0 Å². The van der Waals surface area contributed by atoms with E-state index in [0.717, 1.165) is 28.7 Å². The van der Waals surface area contributed by atoms with Gasteiger partial charge in [0.2, 0.25) is 0 Å². The van der Waals surface area contributed by atoms with Crippen molar-refractivity contribution in [1.82, 2.24) is 0 Å². The Hall–Kier alpha value is -3.00. The van der Waals surface area contributed by atoms with Crippen LogP contribution in [-0.4, -0.2) is 13.2 Å². The lowest BCUT2D eigenvalue weighted by molar-refractivity contribution is 0.250. The molecule has 0 fully saturated rings. The predicted molar refractivity (Wildman–Crippen MR) is 104 cm³/mol. The molecule has 0 amide bonds. The number of rotatable bonds is 6. The Labute approximate surface area is 147 Å². The molecule has 2 nitrogen and oxygen atoms in total. The molecular formula is C23H20O2. The van der Waals surface area contributed by atoms with E-state index in [1.54, 1.807) is 0 Å². The fraction of sp³-hybridized carbons (Fsp3) is 0.130. The van der Waals surface area contributed by atoms with Gasteiger partial charge in [0.1, 0.15) is 11.5 Å². The Bertz CT molecular complexity index is 899. The number of hydrogen-bond acceptors (Lipinski definition) is 2. The molecule has 0 aliphatic heterocycles. The molecule has 0 unspecified atom stereocenters. The van der Waals surface area contributed by atoms with Gasteiger partial charge in [0, 0.05) is 17.2 Å². The van der Waals surface area contributed by atoms with E-state index in [-0.39, 0.29) is 0 Å². The summed E-state index contributed by atoms with van der Waals surface area (Å²) < 4.78 is 11.9. The van der Waals surface area contributed by atoms with Crippen molar-refractivity contribution >= 4 is 21.5 Å². The second-order valence-corrected chi connectivity index (χ2v) is 6.01. The smallest absolute Gasteiger partial charge is 0.127 e. The molecule has 0 bridgehead atoms. The summed E-state index contributed by atoms with van der Waals surface area (Å²) in [7, 11) is 0. The molecule has 4 rings (SSSR count). The quantitative estimate of drug-likeness (QED) is 0.414. The van der Waals surface area contributed by atoms with Gasteiger partial charge in [0.15, 0.2) is 0 Å². The maximum Gasteiger partial charge on any atom is 0.127 e. The van der Waals surface area contributed by atoms with E-state index in [0.29, 0.717) is 13.2 Å². The van der Waals surface area contributed by atoms with Crippen LogP contribution >= 0.6 is 0 Å². The van der Waals surface area contributed by atoms with Crippen LogP contribution in [0, 0.1) is 0 Å². The highest BCUT2D eigenvalue weighted by Gasteiger charge is 2.03. The summed E-state index contributed by atoms with van der Waals surface area (Å²) in [5, 5.41) is 4.71. The minimum absolute atomic E-state index is 0.638. The van der Waals surface area contributed by atoms with Crippen molar-refractivity contribution in [3.05, 3.63) is 84.9 Å². The normalized spacial score (nSPS) is 10.9. The molecule has 0 aliphatic rings. The van der Waals surface area contributed by atoms with Crippen molar-refractivity contribution in [3.8, 4) is 11.5 Å². The average molecular weight is 328 g/mol. The third kappa shape index (κ3) is 3.43. The van der Waals surface area contributed by atoms with E-state index in [2.05, 4.69) is 36.4 Å². The molecule has 0 atom stereocenters. The lowest BCUT2D eigenvalue weighted by atomic mass is 10.1. The molecule has 0 heterocycles. The number of benzene rings is 4. The summed E-state index contributed by atoms with van der Waals surface area (Å²) in [5.41, 5.74) is 0. The van der Waals surface area contributed by atoms with Gasteiger partial charge < -0.3 is 9.47 Å². The van der Waals surface area contributed by atoms with E-state index in [1.807, 2.05) is 48.5 Å². The second kappa shape index (κ2) is 7.27. The highest BCUT2D eigenvalue weighted by atomic mass is 16.5. The Morgan fingerprint density at radius 1 is 0.480 bits per heavy atom. The zero-order valence-corrected chi connectivity index (χ0v) is 14.0. The maximum atomic E-state index is 5.96. The summed E-state index contributed by atoms with van der Waals surface area (Å²) in [6.45, 7) is 1.28. The molecule has 0 saturated carbocycles.